The van der Waals surface area contributed by atoms with Crippen LogP contribution in [0.1, 0.15) is 28.4 Å². The Bertz CT molecular complexity index is 1370. The average Bonchev–Trinajstić information content (AvgIpc) is 3.32. The van der Waals surface area contributed by atoms with E-state index >= 15 is 0 Å². The molecule has 4 rings (SSSR count). The van der Waals surface area contributed by atoms with Crippen molar-refractivity contribution in [2.24, 2.45) is 0 Å². The number of carbonyl (C=O) groups excluding carboxylic acids is 2. The summed E-state index contributed by atoms with van der Waals surface area (Å²) in [6, 6.07) is 18.7. The normalized spacial score (nSPS) is 12.7. The highest BCUT2D eigenvalue weighted by molar-refractivity contribution is 7.92. The van der Waals surface area contributed by atoms with E-state index in [1.54, 1.807) is 24.3 Å². The van der Waals surface area contributed by atoms with Crippen LogP contribution in [0.4, 0.5) is 11.4 Å². The Hall–Kier alpha value is -3.85. The van der Waals surface area contributed by atoms with Crippen LogP contribution in [0.3, 0.4) is 0 Å². The van der Waals surface area contributed by atoms with Crippen molar-refractivity contribution in [2.75, 3.05) is 29.9 Å². The molecule has 35 heavy (non-hydrogen) atoms. The molecule has 3 aromatic rings. The summed E-state index contributed by atoms with van der Waals surface area (Å²) < 4.78 is 38.5. The second-order valence-electron chi connectivity index (χ2n) is 7.95. The summed E-state index contributed by atoms with van der Waals surface area (Å²) in [7, 11) is -2.56. The SMILES string of the molecule is CCc1ccccc1NC(=O)COC(=O)c1cc(S(=O)(=O)N2CCc3ccccc32)ccc1OC. The lowest BCUT2D eigenvalue weighted by molar-refractivity contribution is -0.119. The minimum atomic E-state index is -3.92. The lowest BCUT2D eigenvalue weighted by Gasteiger charge is -2.20. The number of esters is 1. The number of sulfonamides is 1. The molecular formula is C26H26N2O6S. The highest BCUT2D eigenvalue weighted by atomic mass is 32.2. The van der Waals surface area contributed by atoms with Crippen LogP contribution in [-0.2, 0) is 32.4 Å². The fourth-order valence-corrected chi connectivity index (χ4v) is 5.57. The molecule has 0 spiro atoms. The molecule has 182 valence electrons. The molecule has 1 amide bonds. The van der Waals surface area contributed by atoms with Crippen molar-refractivity contribution in [1.82, 2.24) is 0 Å². The van der Waals surface area contributed by atoms with Crippen molar-refractivity contribution in [2.45, 2.75) is 24.7 Å². The molecule has 0 bridgehead atoms. The Balaban J connectivity index is 1.52. The maximum atomic E-state index is 13.4. The summed E-state index contributed by atoms with van der Waals surface area (Å²) in [6.45, 7) is 1.75. The van der Waals surface area contributed by atoms with Gasteiger partial charge in [-0.3, -0.25) is 9.10 Å². The molecule has 0 radical (unpaired) electrons. The number of ether oxygens (including phenoxy) is 2. The van der Waals surface area contributed by atoms with E-state index in [0.29, 0.717) is 24.3 Å². The van der Waals surface area contributed by atoms with Crippen molar-refractivity contribution in [3.8, 4) is 5.75 Å². The molecule has 0 aliphatic carbocycles. The van der Waals surface area contributed by atoms with Gasteiger partial charge in [-0.1, -0.05) is 43.3 Å². The van der Waals surface area contributed by atoms with E-state index in [1.165, 1.54) is 29.6 Å². The molecule has 9 heteroatoms. The summed E-state index contributed by atoms with van der Waals surface area (Å²) in [5.74, 6) is -1.22. The summed E-state index contributed by atoms with van der Waals surface area (Å²) >= 11 is 0. The number of hydrogen-bond acceptors (Lipinski definition) is 6. The van der Waals surface area contributed by atoms with Crippen molar-refractivity contribution in [3.63, 3.8) is 0 Å². The highest BCUT2D eigenvalue weighted by Gasteiger charge is 2.32. The number of para-hydroxylation sites is 2. The molecule has 1 heterocycles. The molecule has 1 aliphatic heterocycles. The molecule has 3 aromatic carbocycles. The number of nitrogens with one attached hydrogen (secondary N) is 1. The average molecular weight is 495 g/mol. The van der Waals surface area contributed by atoms with Gasteiger partial charge in [-0.2, -0.15) is 0 Å². The Labute approximate surface area is 204 Å². The number of aryl methyl sites for hydroxylation is 1. The lowest BCUT2D eigenvalue weighted by atomic mass is 10.1. The maximum Gasteiger partial charge on any atom is 0.342 e. The molecule has 0 saturated heterocycles. The Morgan fingerprint density at radius 2 is 1.77 bits per heavy atom. The maximum absolute atomic E-state index is 13.4. The van der Waals surface area contributed by atoms with Crippen LogP contribution in [0.25, 0.3) is 0 Å². The van der Waals surface area contributed by atoms with Gasteiger partial charge in [0.15, 0.2) is 6.61 Å². The van der Waals surface area contributed by atoms with E-state index < -0.39 is 28.5 Å². The van der Waals surface area contributed by atoms with Gasteiger partial charge in [0.1, 0.15) is 11.3 Å². The topological polar surface area (TPSA) is 102 Å². The van der Waals surface area contributed by atoms with Gasteiger partial charge in [0, 0.05) is 12.2 Å². The Kier molecular flexibility index (Phi) is 7.07. The van der Waals surface area contributed by atoms with Gasteiger partial charge in [0.05, 0.1) is 17.7 Å². The molecule has 0 atom stereocenters. The second kappa shape index (κ2) is 10.2. The van der Waals surface area contributed by atoms with Crippen LogP contribution < -0.4 is 14.4 Å². The lowest BCUT2D eigenvalue weighted by Crippen LogP contribution is -2.29. The van der Waals surface area contributed by atoms with Crippen molar-refractivity contribution in [1.29, 1.82) is 0 Å². The second-order valence-corrected chi connectivity index (χ2v) is 9.82. The van der Waals surface area contributed by atoms with Crippen LogP contribution in [0, 0.1) is 0 Å². The van der Waals surface area contributed by atoms with Crippen LogP contribution in [0.2, 0.25) is 0 Å². The summed E-state index contributed by atoms with van der Waals surface area (Å²) in [4.78, 5) is 25.1. The van der Waals surface area contributed by atoms with E-state index in [9.17, 15) is 18.0 Å². The first kappa shape index (κ1) is 24.3. The van der Waals surface area contributed by atoms with Gasteiger partial charge in [0.25, 0.3) is 15.9 Å². The predicted molar refractivity (Wildman–Crippen MR) is 132 cm³/mol. The number of anilines is 2. The first-order valence-electron chi connectivity index (χ1n) is 11.2. The monoisotopic (exact) mass is 494 g/mol. The predicted octanol–water partition coefficient (Wildman–Crippen LogP) is 3.80. The number of methoxy groups -OCH3 is 1. The van der Waals surface area contributed by atoms with E-state index in [-0.39, 0.29) is 16.2 Å². The molecule has 1 aliphatic rings. The molecule has 0 aromatic heterocycles. The smallest absolute Gasteiger partial charge is 0.342 e. The number of hydrogen-bond donors (Lipinski definition) is 1. The van der Waals surface area contributed by atoms with Crippen molar-refractivity contribution < 1.29 is 27.5 Å². The van der Waals surface area contributed by atoms with E-state index in [0.717, 1.165) is 17.5 Å². The van der Waals surface area contributed by atoms with Crippen LogP contribution in [0.5, 0.6) is 5.75 Å². The number of amides is 1. The molecule has 0 fully saturated rings. The summed E-state index contributed by atoms with van der Waals surface area (Å²) in [6.07, 6.45) is 1.34. The summed E-state index contributed by atoms with van der Waals surface area (Å²) in [5, 5.41) is 2.73. The first-order chi connectivity index (χ1) is 16.8. The zero-order chi connectivity index (χ0) is 25.0. The fourth-order valence-electron chi connectivity index (χ4n) is 4.04. The van der Waals surface area contributed by atoms with Gasteiger partial charge >= 0.3 is 5.97 Å². The van der Waals surface area contributed by atoms with Crippen LogP contribution in [-0.4, -0.2) is 40.6 Å². The van der Waals surface area contributed by atoms with Gasteiger partial charge in [0.2, 0.25) is 0 Å². The first-order valence-corrected chi connectivity index (χ1v) is 12.6. The molecule has 0 saturated carbocycles. The minimum absolute atomic E-state index is 0.0664. The Morgan fingerprint density at radius 3 is 2.54 bits per heavy atom. The fraction of sp³-hybridized carbons (Fsp3) is 0.231. The molecular weight excluding hydrogens is 468 g/mol. The van der Waals surface area contributed by atoms with Crippen molar-refractivity contribution >= 4 is 33.3 Å². The minimum Gasteiger partial charge on any atom is -0.496 e. The number of fused-ring (bicyclic) bond motifs is 1. The standard InChI is InChI=1S/C26H26N2O6S/c1-3-18-8-4-6-10-22(18)27-25(29)17-34-26(30)21-16-20(12-13-24(21)33-2)35(31,32)28-15-14-19-9-5-7-11-23(19)28/h4-13,16H,3,14-15,17H2,1-2H3,(H,27,29). The van der Waals surface area contributed by atoms with Crippen LogP contribution in [0.15, 0.2) is 71.6 Å². The Morgan fingerprint density at radius 1 is 1.03 bits per heavy atom. The largest absolute Gasteiger partial charge is 0.496 e. The van der Waals surface area contributed by atoms with Gasteiger partial charge < -0.3 is 14.8 Å². The zero-order valence-corrected chi connectivity index (χ0v) is 20.3. The van der Waals surface area contributed by atoms with Gasteiger partial charge in [-0.15, -0.1) is 0 Å². The van der Waals surface area contributed by atoms with Crippen molar-refractivity contribution in [3.05, 3.63) is 83.4 Å². The zero-order valence-electron chi connectivity index (χ0n) is 19.5. The molecule has 8 nitrogen and oxygen atoms in total. The highest BCUT2D eigenvalue weighted by Crippen LogP contribution is 2.34. The van der Waals surface area contributed by atoms with Crippen LogP contribution >= 0.6 is 0 Å². The third-order valence-corrected chi connectivity index (χ3v) is 7.64. The number of benzene rings is 3. The van der Waals surface area contributed by atoms with Gasteiger partial charge in [-0.25, -0.2) is 13.2 Å². The number of rotatable bonds is 8. The molecule has 0 unspecified atom stereocenters. The summed E-state index contributed by atoms with van der Waals surface area (Å²) in [5.41, 5.74) is 3.09. The third kappa shape index (κ3) is 5.00. The quantitative estimate of drug-likeness (QED) is 0.478. The number of nitrogens with zero attached hydrogens (tertiary/aromatic N) is 1. The third-order valence-electron chi connectivity index (χ3n) is 5.83. The number of carbonyl (C=O) groups is 2. The van der Waals surface area contributed by atoms with E-state index in [1.807, 2.05) is 31.2 Å². The van der Waals surface area contributed by atoms with Gasteiger partial charge in [-0.05, 0) is 54.3 Å². The van der Waals surface area contributed by atoms with E-state index in [2.05, 4.69) is 5.32 Å². The molecule has 1 N–H and O–H groups in total. The van der Waals surface area contributed by atoms with E-state index in [4.69, 9.17) is 9.47 Å².